The van der Waals surface area contributed by atoms with Crippen LogP contribution in [0.4, 0.5) is 19.0 Å². The monoisotopic (exact) mass is 453 g/mol. The standard InChI is InChI=1S/C21H22F3N3O5/c1-4-30-15(28)10-14-16(20-31-8-9-32-20)19(27-21(26-14)29-3)25-11(2)12-6-5-7-13(17(12)22)18(23)24/h5-9,11,18,20H,4,10H2,1-3H3,(H,25,26,27)/t11-/m1/s1. The molecule has 0 amide bonds. The van der Waals surface area contributed by atoms with Crippen LogP contribution in [0, 0.1) is 5.82 Å². The summed E-state index contributed by atoms with van der Waals surface area (Å²) in [5.74, 6) is -1.44. The zero-order chi connectivity index (χ0) is 23.3. The molecule has 2 heterocycles. The lowest BCUT2D eigenvalue weighted by Crippen LogP contribution is -2.19. The number of hydrogen-bond acceptors (Lipinski definition) is 8. The lowest BCUT2D eigenvalue weighted by atomic mass is 10.0. The molecule has 1 atom stereocenters. The number of nitrogens with one attached hydrogen (secondary N) is 1. The Labute approximate surface area is 182 Å². The van der Waals surface area contributed by atoms with Crippen LogP contribution in [0.1, 0.15) is 55.0 Å². The molecular formula is C21H22F3N3O5. The van der Waals surface area contributed by atoms with Gasteiger partial charge in [-0.1, -0.05) is 18.2 Å². The molecular weight excluding hydrogens is 431 g/mol. The number of nitrogens with zero attached hydrogens (tertiary/aromatic N) is 2. The van der Waals surface area contributed by atoms with Gasteiger partial charge < -0.3 is 24.3 Å². The Morgan fingerprint density at radius 3 is 2.53 bits per heavy atom. The minimum absolute atomic E-state index is 0.00431. The zero-order valence-electron chi connectivity index (χ0n) is 17.6. The summed E-state index contributed by atoms with van der Waals surface area (Å²) < 4.78 is 61.9. The van der Waals surface area contributed by atoms with E-state index in [0.29, 0.717) is 0 Å². The van der Waals surface area contributed by atoms with Crippen LogP contribution in [-0.4, -0.2) is 29.7 Å². The molecule has 0 spiro atoms. The fourth-order valence-electron chi connectivity index (χ4n) is 3.15. The number of ether oxygens (including phenoxy) is 4. The van der Waals surface area contributed by atoms with Crippen molar-refractivity contribution in [3.63, 3.8) is 0 Å². The average Bonchev–Trinajstić information content (AvgIpc) is 3.27. The normalized spacial score (nSPS) is 14.1. The van der Waals surface area contributed by atoms with E-state index in [2.05, 4.69) is 15.3 Å². The Morgan fingerprint density at radius 1 is 1.22 bits per heavy atom. The molecule has 3 rings (SSSR count). The van der Waals surface area contributed by atoms with E-state index < -0.39 is 36.1 Å². The Hall–Kier alpha value is -3.50. The molecule has 2 aromatic rings. The topological polar surface area (TPSA) is 91.8 Å². The van der Waals surface area contributed by atoms with Crippen LogP contribution >= 0.6 is 0 Å². The number of halogens is 3. The first-order chi connectivity index (χ1) is 15.3. The number of hydrogen-bond donors (Lipinski definition) is 1. The van der Waals surface area contributed by atoms with Gasteiger partial charge in [-0.25, -0.2) is 13.2 Å². The third-order valence-corrected chi connectivity index (χ3v) is 4.61. The smallest absolute Gasteiger partial charge is 0.318 e. The molecule has 0 saturated heterocycles. The summed E-state index contributed by atoms with van der Waals surface area (Å²) >= 11 is 0. The molecule has 0 aliphatic carbocycles. The van der Waals surface area contributed by atoms with Crippen LogP contribution in [0.3, 0.4) is 0 Å². The highest BCUT2D eigenvalue weighted by atomic mass is 19.3. The number of methoxy groups -OCH3 is 1. The van der Waals surface area contributed by atoms with Gasteiger partial charge >= 0.3 is 12.0 Å². The molecule has 1 aliphatic rings. The second-order valence-corrected chi connectivity index (χ2v) is 6.69. The van der Waals surface area contributed by atoms with Gasteiger partial charge in [-0.2, -0.15) is 9.97 Å². The quantitative estimate of drug-likeness (QED) is 0.560. The summed E-state index contributed by atoms with van der Waals surface area (Å²) in [6.07, 6.45) is -1.56. The van der Waals surface area contributed by atoms with Crippen LogP contribution in [0.2, 0.25) is 0 Å². The molecule has 0 radical (unpaired) electrons. The van der Waals surface area contributed by atoms with Crippen LogP contribution in [0.5, 0.6) is 6.01 Å². The first-order valence-corrected chi connectivity index (χ1v) is 9.75. The van der Waals surface area contributed by atoms with Crippen molar-refractivity contribution in [1.82, 2.24) is 9.97 Å². The van der Waals surface area contributed by atoms with Gasteiger partial charge in [0, 0.05) is 5.56 Å². The third-order valence-electron chi connectivity index (χ3n) is 4.61. The minimum Gasteiger partial charge on any atom is -0.467 e. The lowest BCUT2D eigenvalue weighted by molar-refractivity contribution is -0.142. The molecule has 0 fully saturated rings. The van der Waals surface area contributed by atoms with Crippen molar-refractivity contribution in [3.05, 3.63) is 58.9 Å². The van der Waals surface area contributed by atoms with Gasteiger partial charge in [0.05, 0.1) is 43.0 Å². The predicted molar refractivity (Wildman–Crippen MR) is 106 cm³/mol. The van der Waals surface area contributed by atoms with E-state index in [1.54, 1.807) is 13.8 Å². The van der Waals surface area contributed by atoms with Crippen LogP contribution in [0.15, 0.2) is 30.7 Å². The number of aromatic nitrogens is 2. The summed E-state index contributed by atoms with van der Waals surface area (Å²) in [6.45, 7) is 3.42. The number of esters is 1. The van der Waals surface area contributed by atoms with E-state index in [1.807, 2.05) is 0 Å². The molecule has 172 valence electrons. The van der Waals surface area contributed by atoms with E-state index in [1.165, 1.54) is 31.8 Å². The van der Waals surface area contributed by atoms with Crippen molar-refractivity contribution in [2.24, 2.45) is 0 Å². The number of alkyl halides is 2. The van der Waals surface area contributed by atoms with Gasteiger partial charge in [0.2, 0.25) is 0 Å². The van der Waals surface area contributed by atoms with Gasteiger partial charge in [0.15, 0.2) is 0 Å². The first kappa shape index (κ1) is 23.2. The molecule has 11 heteroatoms. The summed E-state index contributed by atoms with van der Waals surface area (Å²) in [6, 6.07) is 2.89. The van der Waals surface area contributed by atoms with E-state index in [0.717, 1.165) is 6.07 Å². The van der Waals surface area contributed by atoms with Crippen LogP contribution in [0.25, 0.3) is 0 Å². The highest BCUT2D eigenvalue weighted by Crippen LogP contribution is 2.35. The molecule has 0 bridgehead atoms. The maximum Gasteiger partial charge on any atom is 0.318 e. The van der Waals surface area contributed by atoms with E-state index in [4.69, 9.17) is 18.9 Å². The fraction of sp³-hybridized carbons (Fsp3) is 0.381. The van der Waals surface area contributed by atoms with Crippen molar-refractivity contribution in [2.45, 2.75) is 39.0 Å². The van der Waals surface area contributed by atoms with Crippen molar-refractivity contribution in [3.8, 4) is 6.01 Å². The van der Waals surface area contributed by atoms with E-state index in [9.17, 15) is 18.0 Å². The summed E-state index contributed by atoms with van der Waals surface area (Å²) in [7, 11) is 1.34. The number of carbonyl (C=O) groups is 1. The number of anilines is 1. The van der Waals surface area contributed by atoms with Crippen molar-refractivity contribution in [2.75, 3.05) is 19.0 Å². The van der Waals surface area contributed by atoms with E-state index in [-0.39, 0.29) is 41.7 Å². The Kier molecular flexibility index (Phi) is 7.39. The fourth-order valence-corrected chi connectivity index (χ4v) is 3.15. The van der Waals surface area contributed by atoms with Crippen molar-refractivity contribution in [1.29, 1.82) is 0 Å². The number of benzene rings is 1. The molecule has 1 N–H and O–H groups in total. The summed E-state index contributed by atoms with van der Waals surface area (Å²) in [5.41, 5.74) is -0.224. The number of carbonyl (C=O) groups excluding carboxylic acids is 1. The molecule has 32 heavy (non-hydrogen) atoms. The van der Waals surface area contributed by atoms with E-state index >= 15 is 0 Å². The van der Waals surface area contributed by atoms with Crippen molar-refractivity contribution >= 4 is 11.8 Å². The molecule has 1 aliphatic heterocycles. The highest BCUT2D eigenvalue weighted by molar-refractivity contribution is 5.73. The van der Waals surface area contributed by atoms with Gasteiger partial charge in [-0.15, -0.1) is 0 Å². The largest absolute Gasteiger partial charge is 0.467 e. The maximum atomic E-state index is 14.7. The maximum absolute atomic E-state index is 14.7. The van der Waals surface area contributed by atoms with Crippen molar-refractivity contribution < 1.29 is 36.9 Å². The third kappa shape index (κ3) is 5.04. The van der Waals surface area contributed by atoms with Crippen LogP contribution in [-0.2, 0) is 25.4 Å². The average molecular weight is 453 g/mol. The Bertz CT molecular complexity index is 995. The number of rotatable bonds is 9. The molecule has 1 aromatic heterocycles. The Balaban J connectivity index is 2.02. The lowest BCUT2D eigenvalue weighted by Gasteiger charge is -2.22. The van der Waals surface area contributed by atoms with Gasteiger partial charge in [0.1, 0.15) is 24.2 Å². The molecule has 8 nitrogen and oxygen atoms in total. The molecule has 1 aromatic carbocycles. The van der Waals surface area contributed by atoms with Gasteiger partial charge in [0.25, 0.3) is 12.7 Å². The Morgan fingerprint density at radius 2 is 1.91 bits per heavy atom. The van der Waals surface area contributed by atoms with Gasteiger partial charge in [-0.3, -0.25) is 4.79 Å². The first-order valence-electron chi connectivity index (χ1n) is 9.75. The minimum atomic E-state index is -2.96. The molecule has 0 saturated carbocycles. The summed E-state index contributed by atoms with van der Waals surface area (Å²) in [4.78, 5) is 20.6. The predicted octanol–water partition coefficient (Wildman–Crippen LogP) is 4.36. The second-order valence-electron chi connectivity index (χ2n) is 6.69. The molecule has 0 unspecified atom stereocenters. The SMILES string of the molecule is CCOC(=O)Cc1nc(OC)nc(N[C@H](C)c2cccc(C(F)F)c2F)c1C1OC=CO1. The second kappa shape index (κ2) is 10.2. The zero-order valence-corrected chi connectivity index (χ0v) is 17.6. The van der Waals surface area contributed by atoms with Gasteiger partial charge in [-0.05, 0) is 13.8 Å². The van der Waals surface area contributed by atoms with Crippen LogP contribution < -0.4 is 10.1 Å². The summed E-state index contributed by atoms with van der Waals surface area (Å²) in [5, 5.41) is 2.98. The highest BCUT2D eigenvalue weighted by Gasteiger charge is 2.30.